The molecule has 1 unspecified atom stereocenters. The fraction of sp³-hybridized carbons (Fsp3) is 0.571. The van der Waals surface area contributed by atoms with Gasteiger partial charge < -0.3 is 10.1 Å². The first kappa shape index (κ1) is 22.6. The Kier molecular flexibility index (Phi) is 5.20. The number of hydrazine groups is 1. The van der Waals surface area contributed by atoms with Crippen molar-refractivity contribution >= 4 is 40.3 Å². The van der Waals surface area contributed by atoms with Gasteiger partial charge in [-0.05, 0) is 25.8 Å². The first-order valence-corrected chi connectivity index (χ1v) is 11.8. The number of aromatic nitrogens is 3. The minimum absolute atomic E-state index is 0.0294. The second kappa shape index (κ2) is 8.07. The van der Waals surface area contributed by atoms with Gasteiger partial charge in [0.2, 0.25) is 0 Å². The smallest absolute Gasteiger partial charge is 0.322 e. The molecule has 11 nitrogen and oxygen atoms in total. The molecule has 4 saturated heterocycles. The average molecular weight is 509 g/mol. The highest BCUT2D eigenvalue weighted by Gasteiger charge is 2.50. The number of urea groups is 1. The number of carbonyl (C=O) groups excluding carboxylic acids is 2. The van der Waals surface area contributed by atoms with Crippen LogP contribution in [0.1, 0.15) is 25.7 Å². The van der Waals surface area contributed by atoms with E-state index in [0.717, 1.165) is 19.4 Å². The lowest BCUT2D eigenvalue weighted by Gasteiger charge is -2.39. The van der Waals surface area contributed by atoms with Crippen molar-refractivity contribution in [1.29, 1.82) is 0 Å². The molecule has 1 spiro atoms. The number of hydrogen-bond donors (Lipinski definition) is 3. The summed E-state index contributed by atoms with van der Waals surface area (Å²) in [4.78, 5) is 39.1. The summed E-state index contributed by atoms with van der Waals surface area (Å²) < 4.78 is 35.1. The van der Waals surface area contributed by atoms with Crippen LogP contribution in [0.3, 0.4) is 0 Å². The molecule has 14 heteroatoms. The van der Waals surface area contributed by atoms with Crippen molar-refractivity contribution in [2.45, 2.75) is 42.9 Å². The summed E-state index contributed by atoms with van der Waals surface area (Å²) in [6.45, 7) is 1.71. The number of pyridine rings is 1. The van der Waals surface area contributed by atoms with E-state index in [2.05, 4.69) is 35.9 Å². The van der Waals surface area contributed by atoms with E-state index in [1.54, 1.807) is 5.01 Å². The third-order valence-electron chi connectivity index (χ3n) is 7.38. The van der Waals surface area contributed by atoms with Crippen LogP contribution in [0.4, 0.5) is 19.4 Å². The van der Waals surface area contributed by atoms with E-state index < -0.39 is 35.0 Å². The van der Waals surface area contributed by atoms with Crippen molar-refractivity contribution in [2.24, 2.45) is 0 Å². The van der Waals surface area contributed by atoms with Gasteiger partial charge in [0.15, 0.2) is 16.8 Å². The largest absolute Gasteiger partial charge is 0.461 e. The predicted octanol–water partition coefficient (Wildman–Crippen LogP) is 1.07. The molecule has 4 fully saturated rings. The summed E-state index contributed by atoms with van der Waals surface area (Å²) in [6.07, 6.45) is 2.89. The molecule has 4 aliphatic heterocycles. The summed E-state index contributed by atoms with van der Waals surface area (Å²) in [5.74, 6) is -1.06. The Balaban J connectivity index is 1.36. The lowest BCUT2D eigenvalue weighted by Crippen LogP contribution is -2.64. The van der Waals surface area contributed by atoms with Crippen LogP contribution in [0.25, 0.3) is 10.9 Å². The second-order valence-electron chi connectivity index (χ2n) is 9.55. The summed E-state index contributed by atoms with van der Waals surface area (Å²) in [5.41, 5.74) is 1.43. The molecule has 0 bridgehead atoms. The molecule has 0 aliphatic carbocycles. The fourth-order valence-corrected chi connectivity index (χ4v) is 5.83. The number of nitrogens with zero attached hydrogens (tertiary/aromatic N) is 5. The molecular weight excluding hydrogens is 486 g/mol. The van der Waals surface area contributed by atoms with Crippen LogP contribution in [-0.2, 0) is 4.79 Å². The number of anilines is 1. The lowest BCUT2D eigenvalue weighted by molar-refractivity contribution is -0.124. The molecule has 3 amide bonds. The zero-order valence-electron chi connectivity index (χ0n) is 18.6. The molecule has 35 heavy (non-hydrogen) atoms. The maximum Gasteiger partial charge on any atom is 0.322 e. The third kappa shape index (κ3) is 3.64. The number of carbonyl (C=O) groups is 2. The van der Waals surface area contributed by atoms with Crippen molar-refractivity contribution < 1.29 is 23.1 Å². The number of amides is 3. The number of halogens is 3. The molecule has 3 atom stereocenters. The van der Waals surface area contributed by atoms with Crippen LogP contribution < -0.4 is 25.8 Å². The Bertz CT molecular complexity index is 1240. The SMILES string of the molecule is O=C1NC(=O)C2(CCNN(c3nc(OC[C@@]45CCCN4C[C@H](F)C5)nc4c(F)c(Cl)ncc34)C2)N1. The maximum atomic E-state index is 15.0. The first-order valence-electron chi connectivity index (χ1n) is 11.5. The van der Waals surface area contributed by atoms with Gasteiger partial charge in [-0.1, -0.05) is 11.6 Å². The van der Waals surface area contributed by atoms with Crippen molar-refractivity contribution in [3.63, 3.8) is 0 Å². The molecule has 0 radical (unpaired) electrons. The normalized spacial score (nSPS) is 30.7. The monoisotopic (exact) mass is 508 g/mol. The van der Waals surface area contributed by atoms with E-state index in [9.17, 15) is 18.4 Å². The minimum atomic E-state index is -1.16. The van der Waals surface area contributed by atoms with Crippen molar-refractivity contribution in [2.75, 3.05) is 37.8 Å². The topological polar surface area (TPSA) is 125 Å². The Morgan fingerprint density at radius 3 is 2.94 bits per heavy atom. The molecule has 0 aromatic carbocycles. The molecular formula is C21H23ClF2N8O3. The molecule has 3 N–H and O–H groups in total. The van der Waals surface area contributed by atoms with Gasteiger partial charge in [-0.25, -0.2) is 24.0 Å². The number of nitrogens with one attached hydrogen (secondary N) is 3. The fourth-order valence-electron chi connectivity index (χ4n) is 5.69. The van der Waals surface area contributed by atoms with E-state index in [0.29, 0.717) is 25.9 Å². The van der Waals surface area contributed by atoms with Gasteiger partial charge in [-0.15, -0.1) is 0 Å². The Morgan fingerprint density at radius 2 is 2.14 bits per heavy atom. The predicted molar refractivity (Wildman–Crippen MR) is 120 cm³/mol. The molecule has 0 saturated carbocycles. The van der Waals surface area contributed by atoms with Crippen LogP contribution in [0.15, 0.2) is 6.20 Å². The zero-order chi connectivity index (χ0) is 24.4. The molecule has 6 heterocycles. The Hall–Kier alpha value is -2.90. The van der Waals surface area contributed by atoms with E-state index in [-0.39, 0.29) is 41.0 Å². The highest BCUT2D eigenvalue weighted by Crippen LogP contribution is 2.40. The molecule has 2 aromatic rings. The van der Waals surface area contributed by atoms with Crippen LogP contribution in [0.5, 0.6) is 6.01 Å². The van der Waals surface area contributed by atoms with Crippen LogP contribution in [0, 0.1) is 5.82 Å². The summed E-state index contributed by atoms with van der Waals surface area (Å²) in [5, 5.41) is 6.40. The van der Waals surface area contributed by atoms with Crippen LogP contribution in [0.2, 0.25) is 5.15 Å². The number of hydrogen-bond acceptors (Lipinski definition) is 9. The van der Waals surface area contributed by atoms with Crippen molar-refractivity contribution in [3.8, 4) is 6.01 Å². The summed E-state index contributed by atoms with van der Waals surface area (Å²) in [7, 11) is 0. The zero-order valence-corrected chi connectivity index (χ0v) is 19.4. The number of imide groups is 1. The van der Waals surface area contributed by atoms with Crippen LogP contribution in [-0.4, -0.2) is 81.8 Å². The molecule has 4 aliphatic rings. The number of alkyl halides is 1. The third-order valence-corrected chi connectivity index (χ3v) is 7.65. The average Bonchev–Trinajstić information content (AvgIpc) is 3.44. The van der Waals surface area contributed by atoms with Gasteiger partial charge in [-0.3, -0.25) is 20.0 Å². The highest BCUT2D eigenvalue weighted by atomic mass is 35.5. The molecule has 6 rings (SSSR count). The van der Waals surface area contributed by atoms with E-state index in [1.807, 2.05) is 0 Å². The molecule has 186 valence electrons. The number of fused-ring (bicyclic) bond motifs is 2. The number of rotatable bonds is 4. The number of ether oxygens (including phenoxy) is 1. The highest BCUT2D eigenvalue weighted by molar-refractivity contribution is 6.30. The Labute approximate surface area is 203 Å². The molecule has 2 aromatic heterocycles. The van der Waals surface area contributed by atoms with Gasteiger partial charge in [0.25, 0.3) is 5.91 Å². The van der Waals surface area contributed by atoms with Crippen LogP contribution >= 0.6 is 11.6 Å². The van der Waals surface area contributed by atoms with Gasteiger partial charge in [-0.2, -0.15) is 9.97 Å². The van der Waals surface area contributed by atoms with E-state index >= 15 is 0 Å². The van der Waals surface area contributed by atoms with E-state index in [1.165, 1.54) is 6.20 Å². The van der Waals surface area contributed by atoms with E-state index in [4.69, 9.17) is 16.3 Å². The first-order chi connectivity index (χ1) is 16.8. The quantitative estimate of drug-likeness (QED) is 0.411. The van der Waals surface area contributed by atoms with Gasteiger partial charge in [0, 0.05) is 25.7 Å². The maximum absolute atomic E-state index is 15.0. The summed E-state index contributed by atoms with van der Waals surface area (Å²) in [6, 6.07) is -0.672. The van der Waals surface area contributed by atoms with Gasteiger partial charge in [0.05, 0.1) is 17.5 Å². The lowest BCUT2D eigenvalue weighted by atomic mass is 9.93. The van der Waals surface area contributed by atoms with Gasteiger partial charge >= 0.3 is 12.0 Å². The second-order valence-corrected chi connectivity index (χ2v) is 9.91. The standard InChI is InChI=1S/C21H23ClF2N8O3/c22-15-13(24)14-12(7-25-15)16(32-9-21(3-4-26-32)17(33)29-18(34)30-21)28-19(27-14)35-10-20-2-1-5-31(20)8-11(23)6-20/h7,11,26H,1-6,8-10H2,(H2,29,30,33,34)/t11-,20+,21?/m1/s1. The minimum Gasteiger partial charge on any atom is -0.461 e. The van der Waals surface area contributed by atoms with Crippen molar-refractivity contribution in [1.82, 2.24) is 35.9 Å². The summed E-state index contributed by atoms with van der Waals surface area (Å²) >= 11 is 5.92. The Morgan fingerprint density at radius 1 is 1.29 bits per heavy atom. The van der Waals surface area contributed by atoms with Crippen molar-refractivity contribution in [3.05, 3.63) is 17.2 Å². The van der Waals surface area contributed by atoms with Gasteiger partial charge in [0.1, 0.15) is 23.8 Å².